The molecule has 2 nitrogen and oxygen atoms in total. The molecule has 0 spiro atoms. The van der Waals surface area contributed by atoms with Gasteiger partial charge in [0.2, 0.25) is 0 Å². The molecule has 310 valence electrons. The number of benzene rings is 3. The van der Waals surface area contributed by atoms with E-state index in [0.717, 1.165) is 29.6 Å². The van der Waals surface area contributed by atoms with Crippen LogP contribution in [0.15, 0.2) is 193 Å². The molecule has 0 radical (unpaired) electrons. The fourth-order valence-electron chi connectivity index (χ4n) is 8.02. The maximum atomic E-state index is 4.36. The number of hydrogen-bond donors (Lipinski definition) is 2. The molecule has 4 heteroatoms. The van der Waals surface area contributed by atoms with Crippen LogP contribution in [0, 0.1) is 0 Å². The first-order valence-corrected chi connectivity index (χ1v) is 22.5. The lowest BCUT2D eigenvalue weighted by atomic mass is 9.42. The Kier molecular flexibility index (Phi) is 16.6. The van der Waals surface area contributed by atoms with E-state index < -0.39 is 0 Å². The number of thiophene rings is 1. The van der Waals surface area contributed by atoms with E-state index in [1.165, 1.54) is 55.5 Å². The summed E-state index contributed by atoms with van der Waals surface area (Å²) >= 11 is 1.91. The summed E-state index contributed by atoms with van der Waals surface area (Å²) in [6, 6.07) is 28.7. The van der Waals surface area contributed by atoms with Gasteiger partial charge in [-0.05, 0) is 144 Å². The van der Waals surface area contributed by atoms with Crippen molar-refractivity contribution < 1.29 is 0 Å². The number of allylic oxidation sites excluding steroid dienone is 11. The van der Waals surface area contributed by atoms with Crippen molar-refractivity contribution in [3.63, 3.8) is 0 Å². The Balaban J connectivity index is 1.57. The van der Waals surface area contributed by atoms with Crippen molar-refractivity contribution in [2.24, 2.45) is 0 Å². The van der Waals surface area contributed by atoms with E-state index in [9.17, 15) is 0 Å². The second-order valence-electron chi connectivity index (χ2n) is 17.4. The van der Waals surface area contributed by atoms with Crippen LogP contribution in [0.4, 0.5) is 0 Å². The SMILES string of the molecule is C=CC(C/C=C/c1ccccc1)N/C=C(B(/C=C/C)c1cc2cc3c(cc2s1)C(C)(C)CCC3(C)C)/C(=C\C(=C)C)N/C=C/C(C/C=C/C(/C=C\C)=C/C)c1ccccc1. The number of hydrogen-bond acceptors (Lipinski definition) is 3. The standard InChI is InChI=1S/C56H67BN2S/c1-11-23-43(13-3)26-21-30-46(45-28-19-16-20-29-45)32-36-58-52(37-42(5)6)51(41-59-48(14-4)31-22-27-44-24-17-15-18-25-44)57(35-12-2)54-39-47-38-49-50(40-53(47)60-54)56(9,10)34-33-55(49,7)8/h11-29,32,35-41,46,48,58-59H,4-5,30-31,33-34H2,1-3,6-10H3/b23-11-,26-21+,27-22+,35-12+,36-32+,43-13+,51-41-,52-37+. The van der Waals surface area contributed by atoms with Crippen LogP contribution in [0.25, 0.3) is 16.2 Å². The fourth-order valence-corrected chi connectivity index (χ4v) is 9.21. The van der Waals surface area contributed by atoms with Crippen LogP contribution < -0.4 is 15.4 Å². The normalized spacial score (nSPS) is 16.9. The summed E-state index contributed by atoms with van der Waals surface area (Å²) in [5.41, 5.74) is 10.1. The summed E-state index contributed by atoms with van der Waals surface area (Å²) in [4.78, 5) is 0. The van der Waals surface area contributed by atoms with Crippen LogP contribution in [-0.2, 0) is 10.8 Å². The van der Waals surface area contributed by atoms with Crippen molar-refractivity contribution in [1.82, 2.24) is 10.6 Å². The summed E-state index contributed by atoms with van der Waals surface area (Å²) in [5.74, 6) is 2.52. The molecular formula is C56H67BN2S. The van der Waals surface area contributed by atoms with E-state index in [1.807, 2.05) is 17.4 Å². The maximum absolute atomic E-state index is 4.36. The van der Waals surface area contributed by atoms with Crippen molar-refractivity contribution in [3.05, 3.63) is 216 Å². The lowest BCUT2D eigenvalue weighted by Gasteiger charge is -2.41. The van der Waals surface area contributed by atoms with Crippen LogP contribution in [0.3, 0.4) is 0 Å². The van der Waals surface area contributed by atoms with Crippen LogP contribution in [-0.4, -0.2) is 12.8 Å². The molecule has 60 heavy (non-hydrogen) atoms. The first kappa shape index (κ1) is 45.8. The monoisotopic (exact) mass is 811 g/mol. The quantitative estimate of drug-likeness (QED) is 0.0560. The molecule has 2 unspecified atom stereocenters. The Labute approximate surface area is 367 Å². The molecule has 0 aliphatic heterocycles. The number of rotatable bonds is 19. The Morgan fingerprint density at radius 1 is 0.850 bits per heavy atom. The molecule has 0 amide bonds. The average Bonchev–Trinajstić information content (AvgIpc) is 3.66. The lowest BCUT2D eigenvalue weighted by molar-refractivity contribution is 0.332. The van der Waals surface area contributed by atoms with Gasteiger partial charge in [-0.25, -0.2) is 0 Å². The van der Waals surface area contributed by atoms with Gasteiger partial charge in [-0.3, -0.25) is 0 Å². The second kappa shape index (κ2) is 21.8. The van der Waals surface area contributed by atoms with E-state index in [4.69, 9.17) is 0 Å². The van der Waals surface area contributed by atoms with Gasteiger partial charge in [0.25, 0.3) is 6.71 Å². The molecule has 1 heterocycles. The van der Waals surface area contributed by atoms with Crippen molar-refractivity contribution in [1.29, 1.82) is 0 Å². The Bertz CT molecular complexity index is 2250. The number of nitrogens with one attached hydrogen (secondary N) is 2. The van der Waals surface area contributed by atoms with Crippen LogP contribution in [0.2, 0.25) is 0 Å². The van der Waals surface area contributed by atoms with Crippen LogP contribution in [0.1, 0.15) is 109 Å². The minimum atomic E-state index is -0.0199. The first-order valence-electron chi connectivity index (χ1n) is 21.7. The number of fused-ring (bicyclic) bond motifs is 2. The Morgan fingerprint density at radius 2 is 1.53 bits per heavy atom. The van der Waals surface area contributed by atoms with E-state index in [1.54, 1.807) is 0 Å². The van der Waals surface area contributed by atoms with Gasteiger partial charge in [-0.2, -0.15) is 0 Å². The van der Waals surface area contributed by atoms with Crippen molar-refractivity contribution in [2.75, 3.05) is 0 Å². The largest absolute Gasteiger partial charge is 0.385 e. The van der Waals surface area contributed by atoms with Gasteiger partial charge in [0.1, 0.15) is 0 Å². The van der Waals surface area contributed by atoms with Crippen LogP contribution >= 0.6 is 11.3 Å². The second-order valence-corrected chi connectivity index (χ2v) is 18.5. The highest BCUT2D eigenvalue weighted by Crippen LogP contribution is 2.47. The van der Waals surface area contributed by atoms with Gasteiger partial charge in [0, 0.05) is 22.4 Å². The summed E-state index contributed by atoms with van der Waals surface area (Å²) in [6.45, 7) is 26.6. The highest BCUT2D eigenvalue weighted by molar-refractivity contribution is 7.30. The summed E-state index contributed by atoms with van der Waals surface area (Å²) < 4.78 is 2.65. The Morgan fingerprint density at radius 3 is 2.17 bits per heavy atom. The molecule has 3 aromatic carbocycles. The maximum Gasteiger partial charge on any atom is 0.250 e. The van der Waals surface area contributed by atoms with Gasteiger partial charge in [0.05, 0.1) is 0 Å². The highest BCUT2D eigenvalue weighted by atomic mass is 32.1. The Hall–Kier alpha value is -5.32. The first-order chi connectivity index (χ1) is 28.9. The fraction of sp³-hybridized carbons (Fsp3) is 0.286. The van der Waals surface area contributed by atoms with Gasteiger partial charge >= 0.3 is 0 Å². The summed E-state index contributed by atoms with van der Waals surface area (Å²) in [6.07, 6.45) is 32.3. The molecule has 0 saturated heterocycles. The van der Waals surface area contributed by atoms with Crippen LogP contribution in [0.5, 0.6) is 0 Å². The molecule has 2 atom stereocenters. The molecule has 2 N–H and O–H groups in total. The highest BCUT2D eigenvalue weighted by Gasteiger charge is 2.37. The lowest BCUT2D eigenvalue weighted by Crippen LogP contribution is -2.34. The molecule has 1 aromatic heterocycles. The van der Waals surface area contributed by atoms with Gasteiger partial charge in [-0.15, -0.1) is 23.9 Å². The molecule has 0 bridgehead atoms. The van der Waals surface area contributed by atoms with Crippen molar-refractivity contribution >= 4 is 39.0 Å². The molecule has 0 fully saturated rings. The minimum absolute atomic E-state index is 0.0199. The third kappa shape index (κ3) is 12.4. The summed E-state index contributed by atoms with van der Waals surface area (Å²) in [5, 5.41) is 8.90. The predicted octanol–water partition coefficient (Wildman–Crippen LogP) is 14.6. The zero-order chi connectivity index (χ0) is 43.1. The van der Waals surface area contributed by atoms with Gasteiger partial charge < -0.3 is 10.6 Å². The van der Waals surface area contributed by atoms with E-state index in [2.05, 4.69) is 237 Å². The van der Waals surface area contributed by atoms with Crippen molar-refractivity contribution in [3.8, 4) is 0 Å². The third-order valence-electron chi connectivity index (χ3n) is 11.7. The summed E-state index contributed by atoms with van der Waals surface area (Å²) in [7, 11) is 0. The zero-order valence-electron chi connectivity index (χ0n) is 37.5. The molecule has 4 aromatic rings. The van der Waals surface area contributed by atoms with E-state index in [0.29, 0.717) is 0 Å². The zero-order valence-corrected chi connectivity index (χ0v) is 38.3. The topological polar surface area (TPSA) is 24.1 Å². The smallest absolute Gasteiger partial charge is 0.250 e. The average molecular weight is 811 g/mol. The minimum Gasteiger partial charge on any atom is -0.385 e. The molecule has 1 aliphatic carbocycles. The van der Waals surface area contributed by atoms with E-state index in [-0.39, 0.29) is 29.5 Å². The molecule has 5 rings (SSSR count). The van der Waals surface area contributed by atoms with Gasteiger partial charge in [-0.1, -0.05) is 161 Å². The predicted molar refractivity (Wildman–Crippen MR) is 269 cm³/mol. The molecule has 1 aliphatic rings. The van der Waals surface area contributed by atoms with Crippen molar-refractivity contribution in [2.45, 2.75) is 104 Å². The van der Waals surface area contributed by atoms with Gasteiger partial charge in [0.15, 0.2) is 0 Å². The third-order valence-corrected chi connectivity index (χ3v) is 12.8. The molecule has 0 saturated carbocycles. The molecular weight excluding hydrogens is 744 g/mol. The van der Waals surface area contributed by atoms with E-state index >= 15 is 0 Å².